The third kappa shape index (κ3) is 2.33. The molecule has 0 radical (unpaired) electrons. The predicted molar refractivity (Wildman–Crippen MR) is 73.5 cm³/mol. The lowest BCUT2D eigenvalue weighted by atomic mass is 9.93. The summed E-state index contributed by atoms with van der Waals surface area (Å²) in [6.45, 7) is 7.06. The van der Waals surface area contributed by atoms with Gasteiger partial charge in [0.1, 0.15) is 0 Å². The summed E-state index contributed by atoms with van der Waals surface area (Å²) in [6.07, 6.45) is 6.93. The molecule has 3 heteroatoms. The fraction of sp³-hybridized carbons (Fsp3) is 1.00. The molecule has 3 nitrogen and oxygen atoms in total. The summed E-state index contributed by atoms with van der Waals surface area (Å²) in [4.78, 5) is 2.63. The van der Waals surface area contributed by atoms with Crippen LogP contribution in [-0.2, 0) is 0 Å². The zero-order valence-corrected chi connectivity index (χ0v) is 11.7. The maximum atomic E-state index is 9.89. The van der Waals surface area contributed by atoms with Gasteiger partial charge in [-0.1, -0.05) is 13.3 Å². The van der Waals surface area contributed by atoms with Crippen LogP contribution in [0.2, 0.25) is 0 Å². The molecule has 104 valence electrons. The average molecular weight is 252 g/mol. The van der Waals surface area contributed by atoms with E-state index in [2.05, 4.69) is 17.1 Å². The van der Waals surface area contributed by atoms with Gasteiger partial charge in [0.05, 0.1) is 12.1 Å². The van der Waals surface area contributed by atoms with Gasteiger partial charge in [0.25, 0.3) is 0 Å². The molecule has 3 unspecified atom stereocenters. The highest BCUT2D eigenvalue weighted by molar-refractivity contribution is 5.04. The number of hydrogen-bond donors (Lipinski definition) is 2. The maximum Gasteiger partial charge on any atom is 0.0628 e. The number of likely N-dealkylation sites (N-methyl/N-ethyl adjacent to an activating group) is 1. The molecule has 0 aromatic heterocycles. The van der Waals surface area contributed by atoms with E-state index in [9.17, 15) is 5.11 Å². The van der Waals surface area contributed by atoms with Crippen molar-refractivity contribution in [3.63, 3.8) is 0 Å². The second kappa shape index (κ2) is 5.10. The Morgan fingerprint density at radius 2 is 1.83 bits per heavy atom. The van der Waals surface area contributed by atoms with E-state index in [1.807, 2.05) is 0 Å². The SMILES string of the molecule is CCNC(CO)(CN1CC2CCCC2C1)C1CC1. The summed E-state index contributed by atoms with van der Waals surface area (Å²) < 4.78 is 0. The van der Waals surface area contributed by atoms with Crippen molar-refractivity contribution >= 4 is 0 Å². The molecule has 3 atom stereocenters. The Morgan fingerprint density at radius 3 is 2.33 bits per heavy atom. The standard InChI is InChI=1S/C15H28N2O/c1-2-16-15(11-18,14-6-7-14)10-17-8-12-4-3-5-13(12)9-17/h12-14,16,18H,2-11H2,1H3. The van der Waals surface area contributed by atoms with Crippen LogP contribution in [0.15, 0.2) is 0 Å². The lowest BCUT2D eigenvalue weighted by molar-refractivity contribution is 0.0984. The lowest BCUT2D eigenvalue weighted by Gasteiger charge is -2.37. The van der Waals surface area contributed by atoms with Crippen molar-refractivity contribution in [3.8, 4) is 0 Å². The highest BCUT2D eigenvalue weighted by Gasteiger charge is 2.47. The van der Waals surface area contributed by atoms with E-state index in [0.717, 1.165) is 24.9 Å². The minimum atomic E-state index is -0.00656. The Balaban J connectivity index is 1.62. The fourth-order valence-electron chi connectivity index (χ4n) is 4.41. The van der Waals surface area contributed by atoms with E-state index in [0.29, 0.717) is 12.5 Å². The molecule has 18 heavy (non-hydrogen) atoms. The fourth-order valence-corrected chi connectivity index (χ4v) is 4.41. The minimum Gasteiger partial charge on any atom is -0.394 e. The number of nitrogens with one attached hydrogen (secondary N) is 1. The van der Waals surface area contributed by atoms with Gasteiger partial charge in [-0.2, -0.15) is 0 Å². The van der Waals surface area contributed by atoms with Crippen molar-refractivity contribution < 1.29 is 5.11 Å². The third-order valence-corrected chi connectivity index (χ3v) is 5.48. The van der Waals surface area contributed by atoms with Crippen LogP contribution in [0.1, 0.15) is 39.0 Å². The molecular formula is C15H28N2O. The van der Waals surface area contributed by atoms with E-state index in [-0.39, 0.29) is 5.54 Å². The Hall–Kier alpha value is -0.120. The topological polar surface area (TPSA) is 35.5 Å². The van der Waals surface area contributed by atoms with Gasteiger partial charge in [0.15, 0.2) is 0 Å². The van der Waals surface area contributed by atoms with Gasteiger partial charge in [0, 0.05) is 19.6 Å². The molecule has 0 aromatic rings. The zero-order chi connectivity index (χ0) is 12.6. The summed E-state index contributed by atoms with van der Waals surface area (Å²) in [5.74, 6) is 2.63. The normalized spacial score (nSPS) is 35.7. The molecule has 1 heterocycles. The quantitative estimate of drug-likeness (QED) is 0.751. The Bertz CT molecular complexity index is 280. The number of nitrogens with zero attached hydrogens (tertiary/aromatic N) is 1. The van der Waals surface area contributed by atoms with Crippen molar-refractivity contribution in [3.05, 3.63) is 0 Å². The summed E-state index contributed by atoms with van der Waals surface area (Å²) in [5.41, 5.74) is -0.00656. The van der Waals surface area contributed by atoms with Gasteiger partial charge in [-0.05, 0) is 50.0 Å². The first kappa shape index (κ1) is 12.9. The molecule has 0 spiro atoms. The number of aliphatic hydroxyl groups excluding tert-OH is 1. The first-order valence-electron chi connectivity index (χ1n) is 7.85. The summed E-state index contributed by atoms with van der Waals surface area (Å²) in [6, 6.07) is 0. The van der Waals surface area contributed by atoms with Crippen LogP contribution in [-0.4, -0.2) is 48.3 Å². The second-order valence-electron chi connectivity index (χ2n) is 6.76. The minimum absolute atomic E-state index is 0.00656. The Kier molecular flexibility index (Phi) is 3.65. The molecule has 2 N–H and O–H groups in total. The van der Waals surface area contributed by atoms with Crippen molar-refractivity contribution in [2.45, 2.75) is 44.6 Å². The number of hydrogen-bond acceptors (Lipinski definition) is 3. The molecular weight excluding hydrogens is 224 g/mol. The summed E-state index contributed by atoms with van der Waals surface area (Å²) >= 11 is 0. The van der Waals surface area contributed by atoms with Crippen LogP contribution in [0.3, 0.4) is 0 Å². The summed E-state index contributed by atoms with van der Waals surface area (Å²) in [5, 5.41) is 13.5. The molecule has 3 rings (SSSR count). The van der Waals surface area contributed by atoms with Gasteiger partial charge in [-0.3, -0.25) is 0 Å². The molecule has 0 bridgehead atoms. The van der Waals surface area contributed by atoms with Crippen molar-refractivity contribution in [2.24, 2.45) is 17.8 Å². The lowest BCUT2D eigenvalue weighted by Crippen LogP contribution is -2.57. The smallest absolute Gasteiger partial charge is 0.0628 e. The van der Waals surface area contributed by atoms with Gasteiger partial charge >= 0.3 is 0 Å². The average Bonchev–Trinajstić information content (AvgIpc) is 3.02. The maximum absolute atomic E-state index is 9.89. The van der Waals surface area contributed by atoms with Crippen LogP contribution < -0.4 is 5.32 Å². The number of likely N-dealkylation sites (tertiary alicyclic amines) is 1. The zero-order valence-electron chi connectivity index (χ0n) is 11.7. The van der Waals surface area contributed by atoms with Gasteiger partial charge in [-0.25, -0.2) is 0 Å². The van der Waals surface area contributed by atoms with Crippen molar-refractivity contribution in [1.82, 2.24) is 10.2 Å². The van der Waals surface area contributed by atoms with E-state index < -0.39 is 0 Å². The molecule has 0 amide bonds. The highest BCUT2D eigenvalue weighted by atomic mass is 16.3. The molecule has 0 aromatic carbocycles. The molecule has 3 fully saturated rings. The number of rotatable bonds is 6. The number of aliphatic hydroxyl groups is 1. The van der Waals surface area contributed by atoms with Crippen molar-refractivity contribution in [2.75, 3.05) is 32.8 Å². The predicted octanol–water partition coefficient (Wildman–Crippen LogP) is 1.47. The van der Waals surface area contributed by atoms with Crippen molar-refractivity contribution in [1.29, 1.82) is 0 Å². The van der Waals surface area contributed by atoms with Crippen LogP contribution >= 0.6 is 0 Å². The largest absolute Gasteiger partial charge is 0.394 e. The van der Waals surface area contributed by atoms with E-state index in [1.54, 1.807) is 0 Å². The summed E-state index contributed by atoms with van der Waals surface area (Å²) in [7, 11) is 0. The first-order chi connectivity index (χ1) is 8.77. The van der Waals surface area contributed by atoms with Crippen LogP contribution in [0, 0.1) is 17.8 Å². The Labute approximate surface area is 111 Å². The van der Waals surface area contributed by atoms with E-state index >= 15 is 0 Å². The second-order valence-corrected chi connectivity index (χ2v) is 6.76. The van der Waals surface area contributed by atoms with E-state index in [1.165, 1.54) is 45.2 Å². The molecule has 1 saturated heterocycles. The van der Waals surface area contributed by atoms with E-state index in [4.69, 9.17) is 0 Å². The molecule has 2 aliphatic carbocycles. The molecule has 2 saturated carbocycles. The highest BCUT2D eigenvalue weighted by Crippen LogP contribution is 2.42. The molecule has 1 aliphatic heterocycles. The molecule has 3 aliphatic rings. The van der Waals surface area contributed by atoms with Gasteiger partial charge in [0.2, 0.25) is 0 Å². The monoisotopic (exact) mass is 252 g/mol. The van der Waals surface area contributed by atoms with Crippen LogP contribution in [0.4, 0.5) is 0 Å². The number of fused-ring (bicyclic) bond motifs is 1. The van der Waals surface area contributed by atoms with Gasteiger partial charge in [-0.15, -0.1) is 0 Å². The Morgan fingerprint density at radius 1 is 1.17 bits per heavy atom. The van der Waals surface area contributed by atoms with Crippen LogP contribution in [0.5, 0.6) is 0 Å². The third-order valence-electron chi connectivity index (χ3n) is 5.48. The van der Waals surface area contributed by atoms with Crippen LogP contribution in [0.25, 0.3) is 0 Å². The van der Waals surface area contributed by atoms with Gasteiger partial charge < -0.3 is 15.3 Å². The first-order valence-corrected chi connectivity index (χ1v) is 7.85.